The standard InChI is InChI=1S/C32H42N4O4/c1-22-16-17-26(23(2)20-22)28(29(37)34-25-14-10-7-11-15-25)36(19-18-33)30(38)27(21-24-12-8-6-9-13-24)35-31(39)40-32(3,4)5/h6,8-9,12-13,16-17,20,25,27-28H,7,10-11,14-15,19,21H2,1-5H3,(H,34,37)(H,35,39). The Labute approximate surface area is 238 Å². The SMILES string of the molecule is Cc1ccc(C(C(=O)NC2CCCCC2)N(CC#N)C(=O)C(Cc2ccccc2)NC(=O)OC(C)(C)C)c(C)c1. The van der Waals surface area contributed by atoms with Crippen molar-refractivity contribution in [3.63, 3.8) is 0 Å². The Morgan fingerprint density at radius 1 is 1.05 bits per heavy atom. The average Bonchev–Trinajstić information content (AvgIpc) is 2.89. The lowest BCUT2D eigenvalue weighted by Crippen LogP contribution is -2.54. The Morgan fingerprint density at radius 2 is 1.73 bits per heavy atom. The smallest absolute Gasteiger partial charge is 0.408 e. The van der Waals surface area contributed by atoms with Gasteiger partial charge in [-0.3, -0.25) is 9.59 Å². The molecule has 0 heterocycles. The minimum atomic E-state index is -1.05. The van der Waals surface area contributed by atoms with Crippen LogP contribution < -0.4 is 10.6 Å². The van der Waals surface area contributed by atoms with Crippen LogP contribution in [-0.4, -0.2) is 47.0 Å². The quantitative estimate of drug-likeness (QED) is 0.416. The van der Waals surface area contributed by atoms with Gasteiger partial charge in [0, 0.05) is 12.5 Å². The number of hydrogen-bond donors (Lipinski definition) is 2. The number of nitrogens with one attached hydrogen (secondary N) is 2. The minimum absolute atomic E-state index is 0.0218. The van der Waals surface area contributed by atoms with Gasteiger partial charge in [-0.25, -0.2) is 4.79 Å². The highest BCUT2D eigenvalue weighted by Crippen LogP contribution is 2.28. The first-order valence-corrected chi connectivity index (χ1v) is 14.1. The molecule has 0 bridgehead atoms. The molecular formula is C32H42N4O4. The van der Waals surface area contributed by atoms with E-state index in [2.05, 4.69) is 16.7 Å². The topological polar surface area (TPSA) is 112 Å². The number of rotatable bonds is 9. The molecule has 3 rings (SSSR count). The fraction of sp³-hybridized carbons (Fsp3) is 0.500. The van der Waals surface area contributed by atoms with Crippen molar-refractivity contribution in [2.75, 3.05) is 6.54 Å². The van der Waals surface area contributed by atoms with Crippen LogP contribution in [0.3, 0.4) is 0 Å². The second kappa shape index (κ2) is 14.0. The van der Waals surface area contributed by atoms with E-state index in [4.69, 9.17) is 4.74 Å². The number of nitrogens with zero attached hydrogens (tertiary/aromatic N) is 2. The maximum absolute atomic E-state index is 14.3. The lowest BCUT2D eigenvalue weighted by molar-refractivity contribution is -0.142. The number of hydrogen-bond acceptors (Lipinski definition) is 5. The van der Waals surface area contributed by atoms with Crippen molar-refractivity contribution < 1.29 is 19.1 Å². The molecule has 2 aromatic carbocycles. The third kappa shape index (κ3) is 8.84. The molecule has 2 atom stereocenters. The maximum Gasteiger partial charge on any atom is 0.408 e. The molecule has 0 aliphatic heterocycles. The Balaban J connectivity index is 2.02. The van der Waals surface area contributed by atoms with Crippen molar-refractivity contribution in [3.8, 4) is 6.07 Å². The lowest BCUT2D eigenvalue weighted by atomic mass is 9.93. The number of ether oxygens (including phenoxy) is 1. The summed E-state index contributed by atoms with van der Waals surface area (Å²) in [5.74, 6) is -0.849. The fourth-order valence-corrected chi connectivity index (χ4v) is 5.18. The zero-order chi connectivity index (χ0) is 29.3. The van der Waals surface area contributed by atoms with Gasteiger partial charge < -0.3 is 20.3 Å². The molecule has 2 aromatic rings. The molecule has 3 amide bonds. The number of nitriles is 1. The van der Waals surface area contributed by atoms with Gasteiger partial charge in [0.2, 0.25) is 11.8 Å². The van der Waals surface area contributed by atoms with E-state index >= 15 is 0 Å². The van der Waals surface area contributed by atoms with E-state index in [0.29, 0.717) is 5.56 Å². The van der Waals surface area contributed by atoms with E-state index in [1.165, 1.54) is 4.90 Å². The van der Waals surface area contributed by atoms with E-state index < -0.39 is 29.7 Å². The largest absolute Gasteiger partial charge is 0.444 e. The van der Waals surface area contributed by atoms with Crippen molar-refractivity contribution in [2.24, 2.45) is 0 Å². The van der Waals surface area contributed by atoms with Crippen LogP contribution in [-0.2, 0) is 20.7 Å². The summed E-state index contributed by atoms with van der Waals surface area (Å²) in [5.41, 5.74) is 2.58. The highest BCUT2D eigenvalue weighted by molar-refractivity contribution is 5.92. The van der Waals surface area contributed by atoms with Crippen LogP contribution in [0.2, 0.25) is 0 Å². The van der Waals surface area contributed by atoms with E-state index in [1.54, 1.807) is 20.8 Å². The molecular weight excluding hydrogens is 504 g/mol. The number of carbonyl (C=O) groups excluding carboxylic acids is 3. The van der Waals surface area contributed by atoms with E-state index in [-0.39, 0.29) is 24.9 Å². The number of alkyl carbamates (subject to hydrolysis) is 1. The number of benzene rings is 2. The summed E-state index contributed by atoms with van der Waals surface area (Å²) in [6.45, 7) is 8.78. The number of amides is 3. The third-order valence-electron chi connectivity index (χ3n) is 7.03. The van der Waals surface area contributed by atoms with Crippen LogP contribution in [0, 0.1) is 25.2 Å². The highest BCUT2D eigenvalue weighted by atomic mass is 16.6. The first-order valence-electron chi connectivity index (χ1n) is 14.1. The Morgan fingerprint density at radius 3 is 2.33 bits per heavy atom. The van der Waals surface area contributed by atoms with Gasteiger partial charge in [-0.1, -0.05) is 73.4 Å². The van der Waals surface area contributed by atoms with Crippen LogP contribution in [0.5, 0.6) is 0 Å². The monoisotopic (exact) mass is 546 g/mol. The van der Waals surface area contributed by atoms with Gasteiger partial charge in [-0.2, -0.15) is 5.26 Å². The molecule has 0 aromatic heterocycles. The van der Waals surface area contributed by atoms with Crippen LogP contribution >= 0.6 is 0 Å². The van der Waals surface area contributed by atoms with Gasteiger partial charge in [0.05, 0.1) is 6.07 Å². The molecule has 0 radical (unpaired) electrons. The predicted molar refractivity (Wildman–Crippen MR) is 154 cm³/mol. The second-order valence-corrected chi connectivity index (χ2v) is 11.6. The van der Waals surface area contributed by atoms with E-state index in [0.717, 1.165) is 48.8 Å². The van der Waals surface area contributed by atoms with Gasteiger partial charge in [0.1, 0.15) is 24.2 Å². The van der Waals surface area contributed by atoms with E-state index in [1.807, 2.05) is 62.4 Å². The van der Waals surface area contributed by atoms with Crippen molar-refractivity contribution >= 4 is 17.9 Å². The Kier molecular flexibility index (Phi) is 10.7. The van der Waals surface area contributed by atoms with Crippen molar-refractivity contribution in [1.29, 1.82) is 5.26 Å². The summed E-state index contributed by atoms with van der Waals surface area (Å²) in [4.78, 5) is 42.3. The summed E-state index contributed by atoms with van der Waals surface area (Å²) >= 11 is 0. The highest BCUT2D eigenvalue weighted by Gasteiger charge is 2.37. The van der Waals surface area contributed by atoms with Gasteiger partial charge in [0.25, 0.3) is 0 Å². The summed E-state index contributed by atoms with van der Waals surface area (Å²) in [7, 11) is 0. The second-order valence-electron chi connectivity index (χ2n) is 11.6. The molecule has 1 aliphatic carbocycles. The third-order valence-corrected chi connectivity index (χ3v) is 7.03. The number of carbonyl (C=O) groups is 3. The first kappa shape index (κ1) is 30.7. The number of aryl methyl sites for hydroxylation is 2. The van der Waals surface area contributed by atoms with E-state index in [9.17, 15) is 19.6 Å². The van der Waals surface area contributed by atoms with Gasteiger partial charge in [-0.15, -0.1) is 0 Å². The van der Waals surface area contributed by atoms with Crippen molar-refractivity contribution in [2.45, 2.75) is 96.9 Å². The molecule has 1 fully saturated rings. The molecule has 0 saturated heterocycles. The minimum Gasteiger partial charge on any atom is -0.444 e. The summed E-state index contributed by atoms with van der Waals surface area (Å²) in [5, 5.41) is 15.7. The predicted octanol–water partition coefficient (Wildman–Crippen LogP) is 5.28. The molecule has 8 heteroatoms. The normalized spacial score (nSPS) is 15.3. The lowest BCUT2D eigenvalue weighted by Gasteiger charge is -2.35. The molecule has 1 aliphatic rings. The van der Waals surface area contributed by atoms with Crippen molar-refractivity contribution in [3.05, 3.63) is 70.8 Å². The Bertz CT molecular complexity index is 1210. The average molecular weight is 547 g/mol. The summed E-state index contributed by atoms with van der Waals surface area (Å²) in [6, 6.07) is 15.0. The Hall–Kier alpha value is -3.86. The first-order chi connectivity index (χ1) is 19.0. The summed E-state index contributed by atoms with van der Waals surface area (Å²) < 4.78 is 5.46. The van der Waals surface area contributed by atoms with Crippen molar-refractivity contribution in [1.82, 2.24) is 15.5 Å². The molecule has 214 valence electrons. The van der Waals surface area contributed by atoms with Gasteiger partial charge >= 0.3 is 6.09 Å². The molecule has 1 saturated carbocycles. The maximum atomic E-state index is 14.3. The van der Waals surface area contributed by atoms with Crippen LogP contribution in [0.4, 0.5) is 4.79 Å². The fourth-order valence-electron chi connectivity index (χ4n) is 5.18. The van der Waals surface area contributed by atoms with Crippen LogP contribution in [0.1, 0.15) is 81.2 Å². The van der Waals surface area contributed by atoms with Gasteiger partial charge in [0.15, 0.2) is 0 Å². The summed E-state index contributed by atoms with van der Waals surface area (Å²) in [6.07, 6.45) is 4.42. The molecule has 2 unspecified atom stereocenters. The molecule has 0 spiro atoms. The zero-order valence-corrected chi connectivity index (χ0v) is 24.3. The molecule has 8 nitrogen and oxygen atoms in total. The van der Waals surface area contributed by atoms with Crippen LogP contribution in [0.15, 0.2) is 48.5 Å². The zero-order valence-electron chi connectivity index (χ0n) is 24.3. The van der Waals surface area contributed by atoms with Gasteiger partial charge in [-0.05, 0) is 64.2 Å². The molecule has 2 N–H and O–H groups in total. The molecule has 40 heavy (non-hydrogen) atoms. The van der Waals surface area contributed by atoms with Crippen LogP contribution in [0.25, 0.3) is 0 Å².